The van der Waals surface area contributed by atoms with E-state index in [2.05, 4.69) is 30.2 Å². The lowest BCUT2D eigenvalue weighted by atomic mass is 9.92. The van der Waals surface area contributed by atoms with Crippen molar-refractivity contribution in [3.63, 3.8) is 0 Å². The molecule has 29 heavy (non-hydrogen) atoms. The number of nitrogens with zero attached hydrogens (tertiary/aromatic N) is 5. The smallest absolute Gasteiger partial charge is 0.152 e. The number of aromatic nitrogens is 5. The lowest BCUT2D eigenvalue weighted by molar-refractivity contribution is -0.118. The topological polar surface area (TPSA) is 91.2 Å². The second-order valence-electron chi connectivity index (χ2n) is 7.55. The van der Waals surface area contributed by atoms with Crippen LogP contribution in [-0.2, 0) is 4.79 Å². The SMILES string of the molecule is O=C(CNc1cccc2nccn12)CC1CCCN(c2ncnc3[nH]ccc23)C1. The molecule has 1 atom stereocenters. The predicted octanol–water partition coefficient (Wildman–Crippen LogP) is 2.89. The molecule has 1 aliphatic heterocycles. The normalized spacial score (nSPS) is 17.1. The van der Waals surface area contributed by atoms with E-state index in [0.29, 0.717) is 18.9 Å². The number of nitrogens with one attached hydrogen (secondary N) is 2. The van der Waals surface area contributed by atoms with Crippen molar-refractivity contribution in [2.24, 2.45) is 5.92 Å². The summed E-state index contributed by atoms with van der Waals surface area (Å²) in [5, 5.41) is 4.30. The van der Waals surface area contributed by atoms with Crippen molar-refractivity contribution in [2.45, 2.75) is 19.3 Å². The highest BCUT2D eigenvalue weighted by molar-refractivity contribution is 5.87. The number of pyridine rings is 1. The average molecular weight is 389 g/mol. The second-order valence-corrected chi connectivity index (χ2v) is 7.55. The maximum absolute atomic E-state index is 12.6. The molecule has 1 aliphatic rings. The molecule has 1 fully saturated rings. The number of carbonyl (C=O) groups excluding carboxylic acids is 1. The maximum atomic E-state index is 12.6. The van der Waals surface area contributed by atoms with Gasteiger partial charge in [-0.25, -0.2) is 15.0 Å². The van der Waals surface area contributed by atoms with Crippen LogP contribution in [0.3, 0.4) is 0 Å². The van der Waals surface area contributed by atoms with E-state index >= 15 is 0 Å². The summed E-state index contributed by atoms with van der Waals surface area (Å²) >= 11 is 0. The van der Waals surface area contributed by atoms with Gasteiger partial charge in [-0.05, 0) is 37.0 Å². The first kappa shape index (κ1) is 17.7. The molecular weight excluding hydrogens is 366 g/mol. The van der Waals surface area contributed by atoms with Crippen LogP contribution >= 0.6 is 0 Å². The fourth-order valence-corrected chi connectivity index (χ4v) is 4.21. The molecule has 8 nitrogen and oxygen atoms in total. The van der Waals surface area contributed by atoms with Crippen LogP contribution in [0.1, 0.15) is 19.3 Å². The molecule has 148 valence electrons. The third kappa shape index (κ3) is 3.53. The molecular formula is C21H23N7O. The number of fused-ring (bicyclic) bond motifs is 2. The number of ketones is 1. The van der Waals surface area contributed by atoms with Gasteiger partial charge in [0.05, 0.1) is 11.9 Å². The first-order valence-electron chi connectivity index (χ1n) is 9.98. The standard InChI is InChI=1S/C21H23N7O/c29-16(12-24-19-5-1-4-18-22-8-10-28(18)19)11-15-3-2-9-27(13-15)21-17-6-7-23-20(17)25-14-26-21/h1,4-8,10,14-15,24H,2-3,9,11-13H2,(H,23,25,26). The van der Waals surface area contributed by atoms with Crippen LogP contribution in [0.5, 0.6) is 0 Å². The fourth-order valence-electron chi connectivity index (χ4n) is 4.21. The fraction of sp³-hybridized carbons (Fsp3) is 0.333. The van der Waals surface area contributed by atoms with Crippen molar-refractivity contribution >= 4 is 34.1 Å². The number of imidazole rings is 1. The molecule has 4 aromatic heterocycles. The van der Waals surface area contributed by atoms with E-state index in [1.165, 1.54) is 0 Å². The van der Waals surface area contributed by atoms with Gasteiger partial charge in [0.2, 0.25) is 0 Å². The number of H-pyrrole nitrogens is 1. The maximum Gasteiger partial charge on any atom is 0.152 e. The zero-order valence-electron chi connectivity index (χ0n) is 16.1. The summed E-state index contributed by atoms with van der Waals surface area (Å²) in [6.45, 7) is 2.13. The van der Waals surface area contributed by atoms with Gasteiger partial charge in [0.1, 0.15) is 29.3 Å². The lowest BCUT2D eigenvalue weighted by Crippen LogP contribution is -2.37. The molecule has 0 radical (unpaired) electrons. The van der Waals surface area contributed by atoms with Gasteiger partial charge in [-0.2, -0.15) is 0 Å². The van der Waals surface area contributed by atoms with Gasteiger partial charge in [-0.1, -0.05) is 6.07 Å². The second kappa shape index (κ2) is 7.54. The van der Waals surface area contributed by atoms with E-state index < -0.39 is 0 Å². The Bertz CT molecular complexity index is 1150. The Labute approximate surface area is 168 Å². The number of hydrogen-bond acceptors (Lipinski definition) is 6. The Hall–Kier alpha value is -3.42. The molecule has 0 spiro atoms. The number of Topliss-reactive ketones (excluding diaryl/α,β-unsaturated/α-hetero) is 1. The molecule has 0 amide bonds. The highest BCUT2D eigenvalue weighted by Gasteiger charge is 2.24. The van der Waals surface area contributed by atoms with Crippen LogP contribution in [0, 0.1) is 5.92 Å². The number of hydrogen-bond donors (Lipinski definition) is 2. The number of piperidine rings is 1. The van der Waals surface area contributed by atoms with E-state index in [1.54, 1.807) is 12.5 Å². The average Bonchev–Trinajstić information content (AvgIpc) is 3.41. The number of rotatable bonds is 6. The number of carbonyl (C=O) groups is 1. The molecule has 4 aromatic rings. The summed E-state index contributed by atoms with van der Waals surface area (Å²) in [4.78, 5) is 31.1. The molecule has 0 saturated carbocycles. The molecule has 0 aliphatic carbocycles. The highest BCUT2D eigenvalue weighted by Crippen LogP contribution is 2.28. The van der Waals surface area contributed by atoms with E-state index in [9.17, 15) is 4.79 Å². The Morgan fingerprint density at radius 3 is 3.17 bits per heavy atom. The largest absolute Gasteiger partial charge is 0.364 e. The highest BCUT2D eigenvalue weighted by atomic mass is 16.1. The van der Waals surface area contributed by atoms with Gasteiger partial charge >= 0.3 is 0 Å². The van der Waals surface area contributed by atoms with Gasteiger partial charge in [0.25, 0.3) is 0 Å². The Morgan fingerprint density at radius 1 is 1.24 bits per heavy atom. The van der Waals surface area contributed by atoms with E-state index in [4.69, 9.17) is 0 Å². The molecule has 8 heteroatoms. The van der Waals surface area contributed by atoms with Crippen LogP contribution in [0.2, 0.25) is 0 Å². The Balaban J connectivity index is 1.22. The van der Waals surface area contributed by atoms with Gasteiger partial charge < -0.3 is 15.2 Å². The summed E-state index contributed by atoms with van der Waals surface area (Å²) in [6.07, 6.45) is 9.85. The predicted molar refractivity (Wildman–Crippen MR) is 112 cm³/mol. The van der Waals surface area contributed by atoms with Gasteiger partial charge in [0, 0.05) is 38.1 Å². The van der Waals surface area contributed by atoms with Crippen LogP contribution < -0.4 is 10.2 Å². The van der Waals surface area contributed by atoms with Crippen molar-refractivity contribution in [3.05, 3.63) is 49.2 Å². The van der Waals surface area contributed by atoms with E-state index in [-0.39, 0.29) is 5.78 Å². The minimum absolute atomic E-state index is 0.225. The van der Waals surface area contributed by atoms with Gasteiger partial charge in [-0.3, -0.25) is 9.20 Å². The molecule has 5 rings (SSSR count). The monoisotopic (exact) mass is 389 g/mol. The third-order valence-electron chi connectivity index (χ3n) is 5.56. The Kier molecular flexibility index (Phi) is 4.59. The number of anilines is 2. The van der Waals surface area contributed by atoms with Crippen LogP contribution in [0.15, 0.2) is 49.2 Å². The third-order valence-corrected chi connectivity index (χ3v) is 5.56. The van der Waals surface area contributed by atoms with Crippen molar-refractivity contribution in [3.8, 4) is 0 Å². The zero-order valence-corrected chi connectivity index (χ0v) is 16.1. The van der Waals surface area contributed by atoms with Crippen molar-refractivity contribution in [1.82, 2.24) is 24.3 Å². The number of aromatic amines is 1. The Morgan fingerprint density at radius 2 is 2.21 bits per heavy atom. The molecule has 0 bridgehead atoms. The molecule has 0 aromatic carbocycles. The zero-order chi connectivity index (χ0) is 19.6. The molecule has 1 unspecified atom stereocenters. The lowest BCUT2D eigenvalue weighted by Gasteiger charge is -2.33. The minimum Gasteiger partial charge on any atom is -0.364 e. The summed E-state index contributed by atoms with van der Waals surface area (Å²) in [5.74, 6) is 2.40. The van der Waals surface area contributed by atoms with Crippen molar-refractivity contribution in [2.75, 3.05) is 29.9 Å². The van der Waals surface area contributed by atoms with E-state index in [1.807, 2.05) is 41.1 Å². The van der Waals surface area contributed by atoms with Crippen LogP contribution in [0.25, 0.3) is 16.7 Å². The van der Waals surface area contributed by atoms with Crippen LogP contribution in [-0.4, -0.2) is 49.8 Å². The first-order chi connectivity index (χ1) is 14.3. The molecule has 2 N–H and O–H groups in total. The quantitative estimate of drug-likeness (QED) is 0.527. The van der Waals surface area contributed by atoms with E-state index in [0.717, 1.165) is 54.2 Å². The summed E-state index contributed by atoms with van der Waals surface area (Å²) < 4.78 is 1.95. The summed E-state index contributed by atoms with van der Waals surface area (Å²) in [5.41, 5.74) is 1.72. The first-order valence-corrected chi connectivity index (χ1v) is 9.98. The van der Waals surface area contributed by atoms with Crippen LogP contribution in [0.4, 0.5) is 11.6 Å². The van der Waals surface area contributed by atoms with Gasteiger partial charge in [-0.15, -0.1) is 0 Å². The van der Waals surface area contributed by atoms with Crippen molar-refractivity contribution in [1.29, 1.82) is 0 Å². The minimum atomic E-state index is 0.225. The molecule has 5 heterocycles. The summed E-state index contributed by atoms with van der Waals surface area (Å²) in [7, 11) is 0. The van der Waals surface area contributed by atoms with Gasteiger partial charge in [0.15, 0.2) is 5.78 Å². The molecule has 1 saturated heterocycles. The summed E-state index contributed by atoms with van der Waals surface area (Å²) in [6, 6.07) is 7.86. The van der Waals surface area contributed by atoms with Crippen molar-refractivity contribution < 1.29 is 4.79 Å².